The van der Waals surface area contributed by atoms with Crippen molar-refractivity contribution in [1.82, 2.24) is 4.90 Å². The summed E-state index contributed by atoms with van der Waals surface area (Å²) < 4.78 is 12.0. The van der Waals surface area contributed by atoms with E-state index in [0.717, 1.165) is 49.4 Å². The molecule has 0 aromatic heterocycles. The molecule has 0 bridgehead atoms. The van der Waals surface area contributed by atoms with Gasteiger partial charge in [0.2, 0.25) is 5.91 Å². The molecule has 3 rings (SSSR count). The van der Waals surface area contributed by atoms with Gasteiger partial charge in [0.1, 0.15) is 0 Å². The Bertz CT molecular complexity index is 616. The number of anilines is 1. The predicted octanol–water partition coefficient (Wildman–Crippen LogP) is 3.64. The Labute approximate surface area is 144 Å². The van der Waals surface area contributed by atoms with E-state index in [1.165, 1.54) is 0 Å². The molecule has 1 aromatic carbocycles. The number of likely N-dealkylation sites (N-methyl/N-ethyl adjacent to an activating group) is 1. The summed E-state index contributed by atoms with van der Waals surface area (Å²) in [5.74, 6) is 1.03. The van der Waals surface area contributed by atoms with Crippen molar-refractivity contribution in [1.29, 1.82) is 0 Å². The van der Waals surface area contributed by atoms with Gasteiger partial charge in [0.15, 0.2) is 11.5 Å². The normalized spacial score (nSPS) is 18.4. The number of nitrogens with one attached hydrogen (secondary N) is 1. The van der Waals surface area contributed by atoms with Gasteiger partial charge in [0, 0.05) is 31.1 Å². The number of carbonyl (C=O) groups is 1. The molecular weight excluding hydrogens is 304 g/mol. The third-order valence-electron chi connectivity index (χ3n) is 4.34. The Morgan fingerprint density at radius 3 is 2.54 bits per heavy atom. The van der Waals surface area contributed by atoms with Crippen molar-refractivity contribution in [3.05, 3.63) is 18.2 Å². The van der Waals surface area contributed by atoms with Crippen molar-refractivity contribution in [2.45, 2.75) is 52.2 Å². The summed E-state index contributed by atoms with van der Waals surface area (Å²) in [5.41, 5.74) is 0.921. The molecule has 1 saturated carbocycles. The lowest BCUT2D eigenvalue weighted by atomic mass is 9.96. The maximum atomic E-state index is 12.2. The average molecular weight is 332 g/mol. The standard InChI is InChI=1S/C19H28N2O3/c1-18(2,3)13-21(4)12-17(22)20-14-7-8-15-16(11-14)24-19(23-15)9-5-6-10-19/h7-8,11H,5-6,9-10,12-13H2,1-4H3,(H,20,22). The molecule has 1 aliphatic heterocycles. The van der Waals surface area contributed by atoms with E-state index in [-0.39, 0.29) is 11.3 Å². The first-order valence-electron chi connectivity index (χ1n) is 8.75. The Balaban J connectivity index is 1.58. The number of benzene rings is 1. The van der Waals surface area contributed by atoms with Gasteiger partial charge < -0.3 is 14.8 Å². The molecule has 1 aliphatic carbocycles. The highest BCUT2D eigenvalue weighted by Gasteiger charge is 2.44. The maximum absolute atomic E-state index is 12.2. The fraction of sp³-hybridized carbons (Fsp3) is 0.632. The minimum Gasteiger partial charge on any atom is -0.448 e. The average Bonchev–Trinajstić information content (AvgIpc) is 3.02. The van der Waals surface area contributed by atoms with Crippen LogP contribution in [0.2, 0.25) is 0 Å². The number of hydrogen-bond donors (Lipinski definition) is 1. The van der Waals surface area contributed by atoms with Gasteiger partial charge in [-0.05, 0) is 37.4 Å². The van der Waals surface area contributed by atoms with E-state index in [0.29, 0.717) is 6.54 Å². The van der Waals surface area contributed by atoms with Gasteiger partial charge in [-0.15, -0.1) is 0 Å². The molecule has 1 spiro atoms. The molecule has 1 fully saturated rings. The first-order chi connectivity index (χ1) is 11.2. The fourth-order valence-corrected chi connectivity index (χ4v) is 3.60. The molecule has 132 valence electrons. The zero-order valence-electron chi connectivity index (χ0n) is 15.1. The lowest BCUT2D eigenvalue weighted by molar-refractivity contribution is -0.117. The highest BCUT2D eigenvalue weighted by atomic mass is 16.7. The summed E-state index contributed by atoms with van der Waals surface area (Å²) in [6, 6.07) is 5.62. The second kappa shape index (κ2) is 6.28. The van der Waals surface area contributed by atoms with Crippen LogP contribution in [0.3, 0.4) is 0 Å². The molecule has 1 aromatic rings. The number of amides is 1. The second-order valence-corrected chi connectivity index (χ2v) is 8.26. The second-order valence-electron chi connectivity index (χ2n) is 8.26. The molecule has 1 heterocycles. The lowest BCUT2D eigenvalue weighted by Crippen LogP contribution is -2.35. The van der Waals surface area contributed by atoms with E-state index < -0.39 is 5.79 Å². The Hall–Kier alpha value is -1.75. The molecule has 24 heavy (non-hydrogen) atoms. The molecular formula is C19H28N2O3. The number of hydrogen-bond acceptors (Lipinski definition) is 4. The van der Waals surface area contributed by atoms with Crippen molar-refractivity contribution in [2.24, 2.45) is 5.41 Å². The van der Waals surface area contributed by atoms with Gasteiger partial charge >= 0.3 is 0 Å². The predicted molar refractivity (Wildman–Crippen MR) is 94.5 cm³/mol. The topological polar surface area (TPSA) is 50.8 Å². The zero-order chi connectivity index (χ0) is 17.4. The van der Waals surface area contributed by atoms with Crippen molar-refractivity contribution >= 4 is 11.6 Å². The Morgan fingerprint density at radius 1 is 1.21 bits per heavy atom. The van der Waals surface area contributed by atoms with Crippen LogP contribution in [0.15, 0.2) is 18.2 Å². The largest absolute Gasteiger partial charge is 0.448 e. The van der Waals surface area contributed by atoms with E-state index >= 15 is 0 Å². The van der Waals surface area contributed by atoms with Gasteiger partial charge in [0.05, 0.1) is 6.54 Å². The summed E-state index contributed by atoms with van der Waals surface area (Å²) in [4.78, 5) is 14.3. The summed E-state index contributed by atoms with van der Waals surface area (Å²) >= 11 is 0. The minimum absolute atomic E-state index is 0.0174. The first kappa shape index (κ1) is 17.1. The van der Waals surface area contributed by atoms with Crippen LogP contribution in [0, 0.1) is 5.41 Å². The van der Waals surface area contributed by atoms with Gasteiger partial charge in [-0.25, -0.2) is 0 Å². The molecule has 0 saturated heterocycles. The number of nitrogens with zero attached hydrogens (tertiary/aromatic N) is 1. The van der Waals surface area contributed by atoms with E-state index in [2.05, 4.69) is 26.1 Å². The Kier molecular flexibility index (Phi) is 4.47. The lowest BCUT2D eigenvalue weighted by Gasteiger charge is -2.25. The van der Waals surface area contributed by atoms with Crippen LogP contribution in [-0.2, 0) is 4.79 Å². The SMILES string of the molecule is CN(CC(=O)Nc1ccc2c(c1)OC1(CCCC1)O2)CC(C)(C)C. The van der Waals surface area contributed by atoms with Crippen molar-refractivity contribution < 1.29 is 14.3 Å². The quantitative estimate of drug-likeness (QED) is 0.914. The molecule has 1 N–H and O–H groups in total. The first-order valence-corrected chi connectivity index (χ1v) is 8.75. The summed E-state index contributed by atoms with van der Waals surface area (Å²) in [5, 5.41) is 2.95. The molecule has 0 atom stereocenters. The fourth-order valence-electron chi connectivity index (χ4n) is 3.60. The maximum Gasteiger partial charge on any atom is 0.251 e. The summed E-state index contributed by atoms with van der Waals surface area (Å²) in [6.45, 7) is 7.73. The smallest absolute Gasteiger partial charge is 0.251 e. The van der Waals surface area contributed by atoms with E-state index in [9.17, 15) is 4.79 Å². The van der Waals surface area contributed by atoms with Gasteiger partial charge in [0.25, 0.3) is 5.79 Å². The van der Waals surface area contributed by atoms with E-state index in [1.54, 1.807) is 0 Å². The third kappa shape index (κ3) is 4.01. The van der Waals surface area contributed by atoms with E-state index in [1.807, 2.05) is 30.1 Å². The van der Waals surface area contributed by atoms with E-state index in [4.69, 9.17) is 9.47 Å². The molecule has 0 radical (unpaired) electrons. The van der Waals surface area contributed by atoms with Crippen LogP contribution in [0.5, 0.6) is 11.5 Å². The monoisotopic (exact) mass is 332 g/mol. The van der Waals surface area contributed by atoms with Gasteiger partial charge in [-0.2, -0.15) is 0 Å². The third-order valence-corrected chi connectivity index (χ3v) is 4.34. The Morgan fingerprint density at radius 2 is 1.88 bits per heavy atom. The summed E-state index contributed by atoms with van der Waals surface area (Å²) in [7, 11) is 1.97. The molecule has 5 nitrogen and oxygen atoms in total. The molecule has 1 amide bonds. The van der Waals surface area contributed by atoms with Crippen LogP contribution in [-0.4, -0.2) is 36.7 Å². The van der Waals surface area contributed by atoms with Crippen molar-refractivity contribution in [3.8, 4) is 11.5 Å². The molecule has 0 unspecified atom stereocenters. The molecule has 2 aliphatic rings. The summed E-state index contributed by atoms with van der Waals surface area (Å²) in [6.07, 6.45) is 4.14. The highest BCUT2D eigenvalue weighted by molar-refractivity contribution is 5.92. The van der Waals surface area contributed by atoms with Crippen LogP contribution < -0.4 is 14.8 Å². The van der Waals surface area contributed by atoms with Gasteiger partial charge in [-0.1, -0.05) is 20.8 Å². The van der Waals surface area contributed by atoms with Crippen LogP contribution in [0.1, 0.15) is 46.5 Å². The number of carbonyl (C=O) groups excluding carboxylic acids is 1. The molecule has 5 heteroatoms. The van der Waals surface area contributed by atoms with Crippen LogP contribution in [0.4, 0.5) is 5.69 Å². The number of ether oxygens (including phenoxy) is 2. The van der Waals surface area contributed by atoms with Crippen LogP contribution >= 0.6 is 0 Å². The minimum atomic E-state index is -0.460. The number of rotatable bonds is 4. The zero-order valence-corrected chi connectivity index (χ0v) is 15.1. The highest BCUT2D eigenvalue weighted by Crippen LogP contribution is 2.47. The van der Waals surface area contributed by atoms with Gasteiger partial charge in [-0.3, -0.25) is 9.69 Å². The number of fused-ring (bicyclic) bond motifs is 1. The van der Waals surface area contributed by atoms with Crippen LogP contribution in [0.25, 0.3) is 0 Å². The van der Waals surface area contributed by atoms with Crippen molar-refractivity contribution in [3.63, 3.8) is 0 Å². The van der Waals surface area contributed by atoms with Crippen molar-refractivity contribution in [2.75, 3.05) is 25.5 Å².